The van der Waals surface area contributed by atoms with Crippen molar-refractivity contribution in [2.45, 2.75) is 26.8 Å². The number of halogens is 2. The molecule has 0 saturated carbocycles. The first-order chi connectivity index (χ1) is 9.54. The molecule has 106 valence electrons. The van der Waals surface area contributed by atoms with E-state index < -0.39 is 0 Å². The Morgan fingerprint density at radius 3 is 2.35 bits per heavy atom. The van der Waals surface area contributed by atoms with Crippen LogP contribution in [0.15, 0.2) is 42.5 Å². The monoisotopic (exact) mass is 291 g/mol. The molecule has 20 heavy (non-hydrogen) atoms. The van der Waals surface area contributed by atoms with Crippen LogP contribution >= 0.6 is 11.6 Å². The first-order valence-corrected chi connectivity index (χ1v) is 7.19. The lowest BCUT2D eigenvalue weighted by molar-refractivity contribution is 0.630. The third-order valence-corrected chi connectivity index (χ3v) is 3.31. The molecule has 1 nitrogen and oxygen atoms in total. The highest BCUT2D eigenvalue weighted by Crippen LogP contribution is 2.20. The molecule has 0 heterocycles. The maximum absolute atomic E-state index is 13.6. The van der Waals surface area contributed by atoms with Crippen molar-refractivity contribution in [1.29, 1.82) is 0 Å². The van der Waals surface area contributed by atoms with E-state index in [1.807, 2.05) is 0 Å². The van der Waals surface area contributed by atoms with Gasteiger partial charge in [0.05, 0.1) is 5.69 Å². The zero-order chi connectivity index (χ0) is 14.5. The molecule has 3 heteroatoms. The second kappa shape index (κ2) is 6.76. The molecule has 0 saturated heterocycles. The summed E-state index contributed by atoms with van der Waals surface area (Å²) in [7, 11) is 0. The SMILES string of the molecule is CC(C)Cc1ccc(CNc2cc(Cl)ccc2F)cc1. The summed E-state index contributed by atoms with van der Waals surface area (Å²) in [6.07, 6.45) is 1.08. The second-order valence-corrected chi connectivity index (χ2v) is 5.83. The van der Waals surface area contributed by atoms with Gasteiger partial charge in [-0.1, -0.05) is 49.7 Å². The molecule has 0 aromatic heterocycles. The van der Waals surface area contributed by atoms with Gasteiger partial charge in [-0.25, -0.2) is 4.39 Å². The van der Waals surface area contributed by atoms with Gasteiger partial charge in [-0.2, -0.15) is 0 Å². The lowest BCUT2D eigenvalue weighted by atomic mass is 10.0. The molecular weight excluding hydrogens is 273 g/mol. The van der Waals surface area contributed by atoms with Crippen molar-refractivity contribution >= 4 is 17.3 Å². The Bertz CT molecular complexity index is 564. The largest absolute Gasteiger partial charge is 0.379 e. The summed E-state index contributed by atoms with van der Waals surface area (Å²) >= 11 is 5.86. The van der Waals surface area contributed by atoms with Gasteiger partial charge in [0.2, 0.25) is 0 Å². The summed E-state index contributed by atoms with van der Waals surface area (Å²) in [5.41, 5.74) is 2.89. The van der Waals surface area contributed by atoms with E-state index >= 15 is 0 Å². The van der Waals surface area contributed by atoms with E-state index in [9.17, 15) is 4.39 Å². The molecule has 0 unspecified atom stereocenters. The van der Waals surface area contributed by atoms with Gasteiger partial charge < -0.3 is 5.32 Å². The Morgan fingerprint density at radius 2 is 1.70 bits per heavy atom. The van der Waals surface area contributed by atoms with Crippen molar-refractivity contribution in [2.24, 2.45) is 5.92 Å². The summed E-state index contributed by atoms with van der Waals surface area (Å²) in [4.78, 5) is 0. The number of hydrogen-bond donors (Lipinski definition) is 1. The van der Waals surface area contributed by atoms with Crippen LogP contribution < -0.4 is 5.32 Å². The van der Waals surface area contributed by atoms with Gasteiger partial charge in [0.15, 0.2) is 0 Å². The number of hydrogen-bond acceptors (Lipinski definition) is 1. The molecule has 0 aliphatic rings. The van der Waals surface area contributed by atoms with Crippen LogP contribution in [0.5, 0.6) is 0 Å². The van der Waals surface area contributed by atoms with Crippen LogP contribution in [-0.2, 0) is 13.0 Å². The Labute approximate surface area is 124 Å². The van der Waals surface area contributed by atoms with Crippen molar-refractivity contribution in [3.8, 4) is 0 Å². The van der Waals surface area contributed by atoms with Crippen molar-refractivity contribution in [1.82, 2.24) is 0 Å². The first kappa shape index (κ1) is 14.9. The highest BCUT2D eigenvalue weighted by molar-refractivity contribution is 6.30. The van der Waals surface area contributed by atoms with Gasteiger partial charge in [-0.05, 0) is 41.7 Å². The van der Waals surface area contributed by atoms with Crippen LogP contribution in [0.3, 0.4) is 0 Å². The maximum Gasteiger partial charge on any atom is 0.146 e. The molecule has 0 bridgehead atoms. The van der Waals surface area contributed by atoms with E-state index in [0.29, 0.717) is 23.2 Å². The van der Waals surface area contributed by atoms with Gasteiger partial charge in [0.1, 0.15) is 5.82 Å². The Morgan fingerprint density at radius 1 is 1.05 bits per heavy atom. The van der Waals surface area contributed by atoms with E-state index in [2.05, 4.69) is 43.4 Å². The van der Waals surface area contributed by atoms with Gasteiger partial charge in [0, 0.05) is 11.6 Å². The third kappa shape index (κ3) is 4.24. The average Bonchev–Trinajstić information content (AvgIpc) is 2.41. The zero-order valence-corrected chi connectivity index (χ0v) is 12.5. The Hall–Kier alpha value is -1.54. The fraction of sp³-hybridized carbons (Fsp3) is 0.294. The molecule has 2 aromatic rings. The molecule has 0 amide bonds. The highest BCUT2D eigenvalue weighted by atomic mass is 35.5. The number of benzene rings is 2. The molecule has 0 radical (unpaired) electrons. The van der Waals surface area contributed by atoms with Crippen LogP contribution in [0.1, 0.15) is 25.0 Å². The van der Waals surface area contributed by atoms with Crippen LogP contribution in [0.25, 0.3) is 0 Å². The van der Waals surface area contributed by atoms with Crippen LogP contribution in [-0.4, -0.2) is 0 Å². The van der Waals surface area contributed by atoms with E-state index in [0.717, 1.165) is 12.0 Å². The predicted molar refractivity (Wildman–Crippen MR) is 83.7 cm³/mol. The summed E-state index contributed by atoms with van der Waals surface area (Å²) in [6.45, 7) is 4.99. The lowest BCUT2D eigenvalue weighted by Crippen LogP contribution is -2.02. The van der Waals surface area contributed by atoms with Crippen molar-refractivity contribution in [3.63, 3.8) is 0 Å². The molecule has 0 aliphatic carbocycles. The van der Waals surface area contributed by atoms with Gasteiger partial charge in [0.25, 0.3) is 0 Å². The summed E-state index contributed by atoms with van der Waals surface area (Å²) < 4.78 is 13.6. The van der Waals surface area contributed by atoms with Crippen LogP contribution in [0.4, 0.5) is 10.1 Å². The summed E-state index contributed by atoms with van der Waals surface area (Å²) in [6, 6.07) is 12.9. The fourth-order valence-electron chi connectivity index (χ4n) is 2.09. The first-order valence-electron chi connectivity index (χ1n) is 6.81. The molecule has 0 fully saturated rings. The molecule has 2 rings (SSSR count). The average molecular weight is 292 g/mol. The summed E-state index contributed by atoms with van der Waals surface area (Å²) in [5, 5.41) is 3.60. The van der Waals surface area contributed by atoms with E-state index in [4.69, 9.17) is 11.6 Å². The molecule has 0 spiro atoms. The van der Waals surface area contributed by atoms with Crippen LogP contribution in [0.2, 0.25) is 5.02 Å². The molecule has 2 aromatic carbocycles. The number of anilines is 1. The zero-order valence-electron chi connectivity index (χ0n) is 11.8. The second-order valence-electron chi connectivity index (χ2n) is 5.39. The van der Waals surface area contributed by atoms with Crippen LogP contribution in [0, 0.1) is 11.7 Å². The van der Waals surface area contributed by atoms with Gasteiger partial charge in [-0.15, -0.1) is 0 Å². The molecule has 0 atom stereocenters. The topological polar surface area (TPSA) is 12.0 Å². The van der Waals surface area contributed by atoms with Gasteiger partial charge >= 0.3 is 0 Å². The quantitative estimate of drug-likeness (QED) is 0.789. The Balaban J connectivity index is 1.98. The highest BCUT2D eigenvalue weighted by Gasteiger charge is 2.03. The molecular formula is C17H19ClFN. The standard InChI is InChI=1S/C17H19ClFN/c1-12(2)9-13-3-5-14(6-4-13)11-20-17-10-15(18)7-8-16(17)19/h3-8,10,12,20H,9,11H2,1-2H3. The van der Waals surface area contributed by atoms with Crippen molar-refractivity contribution < 1.29 is 4.39 Å². The molecule has 1 N–H and O–H groups in total. The maximum atomic E-state index is 13.6. The van der Waals surface area contributed by atoms with Crippen molar-refractivity contribution in [2.75, 3.05) is 5.32 Å². The Kier molecular flexibility index (Phi) is 5.02. The number of nitrogens with one attached hydrogen (secondary N) is 1. The normalized spacial score (nSPS) is 10.8. The van der Waals surface area contributed by atoms with E-state index in [1.165, 1.54) is 11.6 Å². The minimum absolute atomic E-state index is 0.286. The van der Waals surface area contributed by atoms with E-state index in [-0.39, 0.29) is 5.82 Å². The van der Waals surface area contributed by atoms with Gasteiger partial charge in [-0.3, -0.25) is 0 Å². The third-order valence-electron chi connectivity index (χ3n) is 3.08. The predicted octanol–water partition coefficient (Wildman–Crippen LogP) is 5.29. The minimum Gasteiger partial charge on any atom is -0.379 e. The lowest BCUT2D eigenvalue weighted by Gasteiger charge is -2.09. The van der Waals surface area contributed by atoms with Crippen molar-refractivity contribution in [3.05, 3.63) is 64.4 Å². The summed E-state index contributed by atoms with van der Waals surface area (Å²) in [5.74, 6) is 0.366. The number of rotatable bonds is 5. The minimum atomic E-state index is -0.286. The fourth-order valence-corrected chi connectivity index (χ4v) is 2.27. The van der Waals surface area contributed by atoms with E-state index in [1.54, 1.807) is 12.1 Å². The smallest absolute Gasteiger partial charge is 0.146 e. The molecule has 0 aliphatic heterocycles.